The number of carbonyl (C=O) groups is 1. The van der Waals surface area contributed by atoms with E-state index < -0.39 is 0 Å². The molecule has 1 aliphatic rings. The molecule has 0 bridgehead atoms. The highest BCUT2D eigenvalue weighted by molar-refractivity contribution is 5.77. The van der Waals surface area contributed by atoms with Gasteiger partial charge in [0.15, 0.2) is 0 Å². The van der Waals surface area contributed by atoms with Crippen molar-refractivity contribution in [1.29, 1.82) is 0 Å². The highest BCUT2D eigenvalue weighted by atomic mass is 19.1. The highest BCUT2D eigenvalue weighted by Crippen LogP contribution is 2.25. The summed E-state index contributed by atoms with van der Waals surface area (Å²) >= 11 is 0. The van der Waals surface area contributed by atoms with Gasteiger partial charge in [0.1, 0.15) is 5.82 Å². The number of aliphatic hydroxyl groups excluding tert-OH is 1. The maximum atomic E-state index is 12.8. The van der Waals surface area contributed by atoms with Gasteiger partial charge in [-0.05, 0) is 43.5 Å². The number of hydrogen-bond donors (Lipinski definition) is 2. The lowest BCUT2D eigenvalue weighted by Crippen LogP contribution is -2.38. The maximum absolute atomic E-state index is 12.8. The maximum Gasteiger partial charge on any atom is 0.234 e. The molecule has 1 fully saturated rings. The van der Waals surface area contributed by atoms with Crippen LogP contribution in [0.3, 0.4) is 0 Å². The van der Waals surface area contributed by atoms with Crippen molar-refractivity contribution in [1.82, 2.24) is 10.2 Å². The molecule has 2 N–H and O–H groups in total. The number of nitrogens with zero attached hydrogens (tertiary/aromatic N) is 1. The number of carbonyl (C=O) groups excluding carboxylic acids is 1. The van der Waals surface area contributed by atoms with Crippen molar-refractivity contribution in [2.24, 2.45) is 5.92 Å². The van der Waals surface area contributed by atoms with Crippen molar-refractivity contribution in [2.75, 3.05) is 20.1 Å². The van der Waals surface area contributed by atoms with Crippen LogP contribution in [0.1, 0.15) is 24.8 Å². The molecule has 5 heteroatoms. The predicted octanol–water partition coefficient (Wildman–Crippen LogP) is 1.53. The number of aliphatic hydroxyl groups is 1. The summed E-state index contributed by atoms with van der Waals surface area (Å²) < 4.78 is 12.8. The first kappa shape index (κ1) is 15.9. The van der Waals surface area contributed by atoms with Crippen molar-refractivity contribution in [3.63, 3.8) is 0 Å². The lowest BCUT2D eigenvalue weighted by Gasteiger charge is -2.22. The van der Waals surface area contributed by atoms with E-state index in [4.69, 9.17) is 0 Å². The third kappa shape index (κ3) is 5.10. The molecule has 0 aromatic heterocycles. The average Bonchev–Trinajstić information content (AvgIpc) is 2.83. The molecule has 1 aromatic rings. The second kappa shape index (κ2) is 7.52. The fourth-order valence-corrected chi connectivity index (χ4v) is 2.80. The molecule has 1 saturated carbocycles. The van der Waals surface area contributed by atoms with Gasteiger partial charge in [-0.25, -0.2) is 4.39 Å². The normalized spacial score (nSPS) is 21.7. The van der Waals surface area contributed by atoms with E-state index in [1.54, 1.807) is 12.1 Å². The largest absolute Gasteiger partial charge is 0.393 e. The molecule has 116 valence electrons. The monoisotopic (exact) mass is 294 g/mol. The third-order valence-corrected chi connectivity index (χ3v) is 3.98. The molecule has 0 aliphatic heterocycles. The van der Waals surface area contributed by atoms with Crippen molar-refractivity contribution in [3.8, 4) is 0 Å². The topological polar surface area (TPSA) is 52.6 Å². The number of benzene rings is 1. The molecular weight excluding hydrogens is 271 g/mol. The van der Waals surface area contributed by atoms with Gasteiger partial charge < -0.3 is 10.4 Å². The molecule has 0 saturated heterocycles. The van der Waals surface area contributed by atoms with E-state index in [0.717, 1.165) is 31.4 Å². The number of hydrogen-bond acceptors (Lipinski definition) is 3. The van der Waals surface area contributed by atoms with Crippen molar-refractivity contribution >= 4 is 5.91 Å². The molecule has 2 unspecified atom stereocenters. The molecule has 1 amide bonds. The van der Waals surface area contributed by atoms with Gasteiger partial charge in [-0.3, -0.25) is 9.69 Å². The Hall–Kier alpha value is -1.46. The Morgan fingerprint density at radius 2 is 2.10 bits per heavy atom. The minimum atomic E-state index is -0.278. The average molecular weight is 294 g/mol. The highest BCUT2D eigenvalue weighted by Gasteiger charge is 2.26. The number of nitrogens with one attached hydrogen (secondary N) is 1. The minimum absolute atomic E-state index is 0.0608. The molecule has 2 atom stereocenters. The van der Waals surface area contributed by atoms with Gasteiger partial charge in [-0.1, -0.05) is 18.6 Å². The second-order valence-corrected chi connectivity index (χ2v) is 5.86. The molecule has 0 spiro atoms. The smallest absolute Gasteiger partial charge is 0.234 e. The van der Waals surface area contributed by atoms with E-state index >= 15 is 0 Å². The SMILES string of the molecule is CN(CC(=O)NCc1ccc(F)cc1)CC1CCCC1O. The van der Waals surface area contributed by atoms with Crippen LogP contribution in [0, 0.1) is 11.7 Å². The Kier molecular flexibility index (Phi) is 5.70. The fraction of sp³-hybridized carbons (Fsp3) is 0.562. The summed E-state index contributed by atoms with van der Waals surface area (Å²) in [5, 5.41) is 12.6. The van der Waals surface area contributed by atoms with E-state index in [-0.39, 0.29) is 23.7 Å². The van der Waals surface area contributed by atoms with Crippen molar-refractivity contribution in [2.45, 2.75) is 31.9 Å². The molecule has 1 aromatic carbocycles. The first-order chi connectivity index (χ1) is 10.0. The number of likely N-dealkylation sites (N-methyl/N-ethyl adjacent to an activating group) is 1. The quantitative estimate of drug-likeness (QED) is 0.837. The Morgan fingerprint density at radius 1 is 1.38 bits per heavy atom. The van der Waals surface area contributed by atoms with Gasteiger partial charge >= 0.3 is 0 Å². The summed E-state index contributed by atoms with van der Waals surface area (Å²) in [4.78, 5) is 13.8. The first-order valence-electron chi connectivity index (χ1n) is 7.42. The number of rotatable bonds is 6. The van der Waals surface area contributed by atoms with Crippen LogP contribution >= 0.6 is 0 Å². The summed E-state index contributed by atoms with van der Waals surface area (Å²) in [7, 11) is 1.89. The molecular formula is C16H23FN2O2. The van der Waals surface area contributed by atoms with Gasteiger partial charge in [0.2, 0.25) is 5.91 Å². The van der Waals surface area contributed by atoms with Gasteiger partial charge in [-0.15, -0.1) is 0 Å². The predicted molar refractivity (Wildman–Crippen MR) is 79.1 cm³/mol. The fourth-order valence-electron chi connectivity index (χ4n) is 2.80. The summed E-state index contributed by atoms with van der Waals surface area (Å²) in [6, 6.07) is 6.09. The van der Waals surface area contributed by atoms with E-state index in [2.05, 4.69) is 5.32 Å². The second-order valence-electron chi connectivity index (χ2n) is 5.86. The minimum Gasteiger partial charge on any atom is -0.393 e. The van der Waals surface area contributed by atoms with Crippen molar-refractivity contribution < 1.29 is 14.3 Å². The molecule has 2 rings (SSSR count). The Morgan fingerprint density at radius 3 is 2.71 bits per heavy atom. The lowest BCUT2D eigenvalue weighted by molar-refractivity contribution is -0.122. The zero-order valence-electron chi connectivity index (χ0n) is 12.4. The van der Waals surface area contributed by atoms with Gasteiger partial charge in [-0.2, -0.15) is 0 Å². The van der Waals surface area contributed by atoms with Crippen LogP contribution in [-0.2, 0) is 11.3 Å². The molecule has 4 nitrogen and oxygen atoms in total. The van der Waals surface area contributed by atoms with E-state index in [9.17, 15) is 14.3 Å². The van der Waals surface area contributed by atoms with Crippen LogP contribution in [-0.4, -0.2) is 42.2 Å². The summed E-state index contributed by atoms with van der Waals surface area (Å²) in [6.07, 6.45) is 2.74. The molecule has 0 heterocycles. The molecule has 21 heavy (non-hydrogen) atoms. The Labute approximate surface area is 125 Å². The van der Waals surface area contributed by atoms with Crippen LogP contribution in [0.4, 0.5) is 4.39 Å². The van der Waals surface area contributed by atoms with E-state index in [0.29, 0.717) is 13.1 Å². The zero-order valence-corrected chi connectivity index (χ0v) is 12.4. The van der Waals surface area contributed by atoms with Gasteiger partial charge in [0.25, 0.3) is 0 Å². The van der Waals surface area contributed by atoms with Crippen molar-refractivity contribution in [3.05, 3.63) is 35.6 Å². The van der Waals surface area contributed by atoms with Crippen LogP contribution in [0.25, 0.3) is 0 Å². The van der Waals surface area contributed by atoms with Gasteiger partial charge in [0.05, 0.1) is 12.6 Å². The molecule has 1 aliphatic carbocycles. The summed E-state index contributed by atoms with van der Waals surface area (Å²) in [6.45, 7) is 1.45. The van der Waals surface area contributed by atoms with Crippen LogP contribution in [0.15, 0.2) is 24.3 Å². The summed E-state index contributed by atoms with van der Waals surface area (Å²) in [5.41, 5.74) is 0.874. The van der Waals surface area contributed by atoms with Crippen LogP contribution < -0.4 is 5.32 Å². The lowest BCUT2D eigenvalue weighted by atomic mass is 10.1. The van der Waals surface area contributed by atoms with Crippen LogP contribution in [0.5, 0.6) is 0 Å². The van der Waals surface area contributed by atoms with Gasteiger partial charge in [0, 0.05) is 13.1 Å². The Balaban J connectivity index is 1.70. The molecule has 0 radical (unpaired) electrons. The first-order valence-corrected chi connectivity index (χ1v) is 7.42. The third-order valence-electron chi connectivity index (χ3n) is 3.98. The number of halogens is 1. The number of amides is 1. The Bertz CT molecular complexity index is 464. The van der Waals surface area contributed by atoms with Crippen LogP contribution in [0.2, 0.25) is 0 Å². The standard InChI is InChI=1S/C16H23FN2O2/c1-19(10-13-3-2-4-15(13)20)11-16(21)18-9-12-5-7-14(17)8-6-12/h5-8,13,15,20H,2-4,9-11H2,1H3,(H,18,21). The van der Waals surface area contributed by atoms with E-state index in [1.807, 2.05) is 11.9 Å². The van der Waals surface area contributed by atoms with E-state index in [1.165, 1.54) is 12.1 Å². The summed E-state index contributed by atoms with van der Waals surface area (Å²) in [5.74, 6) is -0.0610. The zero-order chi connectivity index (χ0) is 15.2.